The summed E-state index contributed by atoms with van der Waals surface area (Å²) in [5, 5.41) is 0. The summed E-state index contributed by atoms with van der Waals surface area (Å²) in [7, 11) is 3.49. The summed E-state index contributed by atoms with van der Waals surface area (Å²) in [6.07, 6.45) is 0. The van der Waals surface area contributed by atoms with Gasteiger partial charge >= 0.3 is 6.61 Å². The predicted octanol–water partition coefficient (Wildman–Crippen LogP) is 3.52. The number of carbonyl (C=O) groups excluding carboxylic acids is 1. The number of likely N-dealkylation sites (N-methyl/N-ethyl adjacent to an activating group) is 2. The van der Waals surface area contributed by atoms with Crippen LogP contribution in [0.5, 0.6) is 5.75 Å². The van der Waals surface area contributed by atoms with Gasteiger partial charge in [-0.15, -0.1) is 0 Å². The Bertz CT molecular complexity index is 706. The van der Waals surface area contributed by atoms with Crippen molar-refractivity contribution in [3.63, 3.8) is 0 Å². The van der Waals surface area contributed by atoms with E-state index in [0.29, 0.717) is 13.1 Å². The molecular formula is C19H21F3N2O2. The largest absolute Gasteiger partial charge is 0.435 e. The molecule has 0 saturated heterocycles. The molecule has 4 nitrogen and oxygen atoms in total. The Morgan fingerprint density at radius 1 is 0.962 bits per heavy atom. The van der Waals surface area contributed by atoms with Gasteiger partial charge in [0.15, 0.2) is 0 Å². The number of hydrogen-bond acceptors (Lipinski definition) is 3. The normalized spacial score (nSPS) is 11.0. The average molecular weight is 366 g/mol. The third-order valence-electron chi connectivity index (χ3n) is 3.76. The average Bonchev–Trinajstić information content (AvgIpc) is 2.58. The topological polar surface area (TPSA) is 32.8 Å². The maximum Gasteiger partial charge on any atom is 0.387 e. The van der Waals surface area contributed by atoms with E-state index < -0.39 is 6.61 Å². The van der Waals surface area contributed by atoms with E-state index in [2.05, 4.69) is 4.74 Å². The van der Waals surface area contributed by atoms with Crippen molar-refractivity contribution in [2.75, 3.05) is 20.6 Å². The second kappa shape index (κ2) is 9.24. The van der Waals surface area contributed by atoms with E-state index >= 15 is 0 Å². The lowest BCUT2D eigenvalue weighted by atomic mass is 10.2. The molecule has 0 unspecified atom stereocenters. The molecule has 0 aliphatic rings. The Kier molecular flexibility index (Phi) is 7.03. The molecule has 0 fully saturated rings. The maximum atomic E-state index is 12.9. The minimum Gasteiger partial charge on any atom is -0.435 e. The molecule has 7 heteroatoms. The van der Waals surface area contributed by atoms with Gasteiger partial charge in [-0.1, -0.05) is 24.3 Å². The predicted molar refractivity (Wildman–Crippen MR) is 92.3 cm³/mol. The molecule has 0 saturated carbocycles. The van der Waals surface area contributed by atoms with Crippen LogP contribution >= 0.6 is 0 Å². The molecule has 0 aromatic heterocycles. The molecule has 0 radical (unpaired) electrons. The van der Waals surface area contributed by atoms with Crippen molar-refractivity contribution in [2.24, 2.45) is 0 Å². The Morgan fingerprint density at radius 2 is 1.50 bits per heavy atom. The highest BCUT2D eigenvalue weighted by Crippen LogP contribution is 2.15. The zero-order chi connectivity index (χ0) is 19.1. The third-order valence-corrected chi connectivity index (χ3v) is 3.76. The summed E-state index contributed by atoms with van der Waals surface area (Å²) in [6.45, 7) is -1.76. The van der Waals surface area contributed by atoms with Crippen molar-refractivity contribution in [3.05, 3.63) is 65.5 Å². The van der Waals surface area contributed by atoms with Crippen molar-refractivity contribution in [2.45, 2.75) is 19.7 Å². The number of amides is 1. The second-order valence-corrected chi connectivity index (χ2v) is 6.07. The van der Waals surface area contributed by atoms with E-state index in [1.807, 2.05) is 4.90 Å². The van der Waals surface area contributed by atoms with Crippen LogP contribution in [0.2, 0.25) is 0 Å². The standard InChI is InChI=1S/C19H21F3N2O2/c1-23(11-14-5-9-17(10-6-14)26-19(21)22)13-18(25)24(2)12-15-3-7-16(20)8-4-15/h3-10,19H,11-13H2,1-2H3. The van der Waals surface area contributed by atoms with E-state index in [4.69, 9.17) is 0 Å². The van der Waals surface area contributed by atoms with Crippen LogP contribution in [-0.2, 0) is 17.9 Å². The zero-order valence-electron chi connectivity index (χ0n) is 14.7. The Morgan fingerprint density at radius 3 is 2.08 bits per heavy atom. The van der Waals surface area contributed by atoms with Crippen LogP contribution in [0.4, 0.5) is 13.2 Å². The van der Waals surface area contributed by atoms with Crippen molar-refractivity contribution in [3.8, 4) is 5.75 Å². The van der Waals surface area contributed by atoms with E-state index in [9.17, 15) is 18.0 Å². The summed E-state index contributed by atoms with van der Waals surface area (Å²) in [4.78, 5) is 15.7. The van der Waals surface area contributed by atoms with E-state index in [-0.39, 0.29) is 24.0 Å². The van der Waals surface area contributed by atoms with Crippen molar-refractivity contribution < 1.29 is 22.7 Å². The SMILES string of the molecule is CN(CC(=O)N(C)Cc1ccc(F)cc1)Cc1ccc(OC(F)F)cc1. The van der Waals surface area contributed by atoms with Gasteiger partial charge in [-0.3, -0.25) is 9.69 Å². The summed E-state index contributed by atoms with van der Waals surface area (Å²) < 4.78 is 41.5. The molecule has 0 heterocycles. The molecule has 0 aliphatic carbocycles. The molecule has 26 heavy (non-hydrogen) atoms. The van der Waals surface area contributed by atoms with Crippen LogP contribution in [0.1, 0.15) is 11.1 Å². The highest BCUT2D eigenvalue weighted by molar-refractivity contribution is 5.77. The highest BCUT2D eigenvalue weighted by Gasteiger charge is 2.13. The Balaban J connectivity index is 1.83. The molecule has 0 N–H and O–H groups in total. The minimum atomic E-state index is -2.85. The summed E-state index contributed by atoms with van der Waals surface area (Å²) >= 11 is 0. The van der Waals surface area contributed by atoms with Crippen molar-refractivity contribution in [1.29, 1.82) is 0 Å². The fourth-order valence-electron chi connectivity index (χ4n) is 2.45. The van der Waals surface area contributed by atoms with Gasteiger partial charge in [-0.25, -0.2) is 4.39 Å². The number of carbonyl (C=O) groups is 1. The molecule has 140 valence electrons. The second-order valence-electron chi connectivity index (χ2n) is 6.07. The van der Waals surface area contributed by atoms with Gasteiger partial charge in [0.2, 0.25) is 5.91 Å². The van der Waals surface area contributed by atoms with Gasteiger partial charge in [0.05, 0.1) is 6.54 Å². The van der Waals surface area contributed by atoms with Gasteiger partial charge in [0, 0.05) is 20.1 Å². The first-order chi connectivity index (χ1) is 12.3. The van der Waals surface area contributed by atoms with Crippen LogP contribution in [0, 0.1) is 5.82 Å². The summed E-state index contributed by atoms with van der Waals surface area (Å²) in [5.74, 6) is -0.288. The van der Waals surface area contributed by atoms with E-state index in [1.165, 1.54) is 24.3 Å². The molecule has 0 aliphatic heterocycles. The van der Waals surface area contributed by atoms with E-state index in [1.54, 1.807) is 43.3 Å². The first-order valence-electron chi connectivity index (χ1n) is 8.04. The van der Waals surface area contributed by atoms with Gasteiger partial charge < -0.3 is 9.64 Å². The first kappa shape index (κ1) is 19.8. The van der Waals surface area contributed by atoms with Crippen LogP contribution in [0.25, 0.3) is 0 Å². The quantitative estimate of drug-likeness (QED) is 0.717. The fourth-order valence-corrected chi connectivity index (χ4v) is 2.45. The number of alkyl halides is 2. The minimum absolute atomic E-state index is 0.0746. The molecule has 2 aromatic rings. The molecule has 0 atom stereocenters. The van der Waals surface area contributed by atoms with Crippen LogP contribution < -0.4 is 4.74 Å². The van der Waals surface area contributed by atoms with E-state index in [0.717, 1.165) is 11.1 Å². The van der Waals surface area contributed by atoms with Gasteiger partial charge in [-0.05, 0) is 42.4 Å². The third kappa shape index (κ3) is 6.40. The van der Waals surface area contributed by atoms with Gasteiger partial charge in [0.1, 0.15) is 11.6 Å². The number of rotatable bonds is 8. The highest BCUT2D eigenvalue weighted by atomic mass is 19.3. The zero-order valence-corrected chi connectivity index (χ0v) is 14.7. The Hall–Kier alpha value is -2.54. The van der Waals surface area contributed by atoms with Crippen molar-refractivity contribution in [1.82, 2.24) is 9.80 Å². The Labute approximate surface area is 150 Å². The molecule has 1 amide bonds. The number of halogens is 3. The van der Waals surface area contributed by atoms with Gasteiger partial charge in [-0.2, -0.15) is 8.78 Å². The van der Waals surface area contributed by atoms with Crippen LogP contribution in [0.15, 0.2) is 48.5 Å². The molecular weight excluding hydrogens is 345 g/mol. The number of benzene rings is 2. The summed E-state index contributed by atoms with van der Waals surface area (Å²) in [5.41, 5.74) is 1.72. The number of hydrogen-bond donors (Lipinski definition) is 0. The van der Waals surface area contributed by atoms with Gasteiger partial charge in [0.25, 0.3) is 0 Å². The molecule has 0 bridgehead atoms. The fraction of sp³-hybridized carbons (Fsp3) is 0.316. The monoisotopic (exact) mass is 366 g/mol. The maximum absolute atomic E-state index is 12.9. The van der Waals surface area contributed by atoms with Crippen LogP contribution in [-0.4, -0.2) is 43.0 Å². The molecule has 2 rings (SSSR count). The first-order valence-corrected chi connectivity index (χ1v) is 8.04. The number of ether oxygens (including phenoxy) is 1. The van der Waals surface area contributed by atoms with Crippen LogP contribution in [0.3, 0.4) is 0 Å². The summed E-state index contributed by atoms with van der Waals surface area (Å²) in [6, 6.07) is 12.3. The lowest BCUT2D eigenvalue weighted by Gasteiger charge is -2.22. The lowest BCUT2D eigenvalue weighted by molar-refractivity contribution is -0.131. The molecule has 2 aromatic carbocycles. The smallest absolute Gasteiger partial charge is 0.387 e. The lowest BCUT2D eigenvalue weighted by Crippen LogP contribution is -2.36. The van der Waals surface area contributed by atoms with Crippen molar-refractivity contribution >= 4 is 5.91 Å². The molecule has 0 spiro atoms. The number of nitrogens with zero attached hydrogens (tertiary/aromatic N) is 2.